The van der Waals surface area contributed by atoms with Crippen LogP contribution in [0.5, 0.6) is 0 Å². The molecule has 1 aliphatic heterocycles. The first-order chi connectivity index (χ1) is 10.7. The Balaban J connectivity index is 1.51. The maximum absolute atomic E-state index is 12.8. The Bertz CT molecular complexity index is 595. The molecule has 2 aliphatic carbocycles. The van der Waals surface area contributed by atoms with Gasteiger partial charge in [-0.05, 0) is 63.0 Å². The molecule has 0 spiro atoms. The molecular formula is C18H24N2O2. The first-order valence-electron chi connectivity index (χ1n) is 8.65. The van der Waals surface area contributed by atoms with Crippen LogP contribution in [0.1, 0.15) is 60.1 Å². The van der Waals surface area contributed by atoms with E-state index >= 15 is 0 Å². The summed E-state index contributed by atoms with van der Waals surface area (Å²) in [6, 6.07) is 2.05. The lowest BCUT2D eigenvalue weighted by Gasteiger charge is -2.35. The molecule has 1 saturated heterocycles. The molecule has 4 nitrogen and oxygen atoms in total. The number of rotatable bonds is 2. The van der Waals surface area contributed by atoms with Crippen molar-refractivity contribution in [2.24, 2.45) is 5.92 Å². The highest BCUT2D eigenvalue weighted by Crippen LogP contribution is 2.45. The van der Waals surface area contributed by atoms with Crippen molar-refractivity contribution < 1.29 is 9.90 Å². The van der Waals surface area contributed by atoms with E-state index in [0.29, 0.717) is 6.54 Å². The van der Waals surface area contributed by atoms with E-state index in [1.165, 1.54) is 24.1 Å². The minimum Gasteiger partial charge on any atom is -0.390 e. The van der Waals surface area contributed by atoms with Gasteiger partial charge in [-0.15, -0.1) is 0 Å². The van der Waals surface area contributed by atoms with E-state index in [0.717, 1.165) is 50.6 Å². The second kappa shape index (κ2) is 5.34. The fourth-order valence-corrected chi connectivity index (χ4v) is 4.02. The summed E-state index contributed by atoms with van der Waals surface area (Å²) in [5.41, 5.74) is 2.68. The molecule has 4 rings (SSSR count). The van der Waals surface area contributed by atoms with Crippen molar-refractivity contribution in [3.8, 4) is 0 Å². The van der Waals surface area contributed by atoms with Crippen LogP contribution in [0.3, 0.4) is 0 Å². The Hall–Kier alpha value is -1.42. The van der Waals surface area contributed by atoms with Crippen molar-refractivity contribution in [3.05, 3.63) is 29.1 Å². The van der Waals surface area contributed by atoms with E-state index in [1.807, 2.05) is 4.90 Å². The average Bonchev–Trinajstić information content (AvgIpc) is 3.33. The number of pyridine rings is 1. The Kier molecular flexibility index (Phi) is 3.44. The fourth-order valence-electron chi connectivity index (χ4n) is 4.02. The number of nitrogens with zero attached hydrogens (tertiary/aromatic N) is 2. The number of aliphatic hydroxyl groups is 1. The Morgan fingerprint density at radius 1 is 1.27 bits per heavy atom. The lowest BCUT2D eigenvalue weighted by Crippen LogP contribution is -2.44. The van der Waals surface area contributed by atoms with E-state index in [4.69, 9.17) is 0 Å². The Morgan fingerprint density at radius 3 is 2.91 bits per heavy atom. The predicted octanol–water partition coefficient (Wildman–Crippen LogP) is 2.34. The zero-order chi connectivity index (χ0) is 15.2. The van der Waals surface area contributed by atoms with Crippen LogP contribution in [0.2, 0.25) is 0 Å². The monoisotopic (exact) mass is 300 g/mol. The van der Waals surface area contributed by atoms with Crippen molar-refractivity contribution in [2.75, 3.05) is 13.1 Å². The van der Waals surface area contributed by atoms with Crippen molar-refractivity contribution in [1.82, 2.24) is 9.88 Å². The molecule has 1 atom stereocenters. The highest BCUT2D eigenvalue weighted by Gasteiger charge is 2.49. The summed E-state index contributed by atoms with van der Waals surface area (Å²) < 4.78 is 0. The molecular weight excluding hydrogens is 276 g/mol. The smallest absolute Gasteiger partial charge is 0.255 e. The van der Waals surface area contributed by atoms with Gasteiger partial charge in [-0.25, -0.2) is 0 Å². The molecule has 22 heavy (non-hydrogen) atoms. The number of hydrogen-bond donors (Lipinski definition) is 1. The zero-order valence-electron chi connectivity index (χ0n) is 13.1. The van der Waals surface area contributed by atoms with Gasteiger partial charge in [0.15, 0.2) is 0 Å². The normalized spacial score (nSPS) is 26.4. The van der Waals surface area contributed by atoms with E-state index < -0.39 is 5.60 Å². The van der Waals surface area contributed by atoms with Crippen molar-refractivity contribution >= 4 is 5.91 Å². The molecule has 1 aromatic rings. The van der Waals surface area contributed by atoms with Gasteiger partial charge in [-0.3, -0.25) is 9.78 Å². The third kappa shape index (κ3) is 2.54. The summed E-state index contributed by atoms with van der Waals surface area (Å²) in [7, 11) is 0. The molecule has 0 radical (unpaired) electrons. The third-order valence-corrected chi connectivity index (χ3v) is 5.65. The lowest BCUT2D eigenvalue weighted by molar-refractivity contribution is 0.0282. The molecule has 2 heterocycles. The van der Waals surface area contributed by atoms with E-state index in [2.05, 4.69) is 11.1 Å². The molecule has 0 aromatic carbocycles. The van der Waals surface area contributed by atoms with E-state index in [-0.39, 0.29) is 11.8 Å². The zero-order valence-corrected chi connectivity index (χ0v) is 13.1. The van der Waals surface area contributed by atoms with Gasteiger partial charge in [0.2, 0.25) is 0 Å². The van der Waals surface area contributed by atoms with Crippen LogP contribution in [0.25, 0.3) is 0 Å². The van der Waals surface area contributed by atoms with Crippen LogP contribution in [-0.4, -0.2) is 39.6 Å². The number of amides is 1. The molecule has 1 N–H and O–H groups in total. The summed E-state index contributed by atoms with van der Waals surface area (Å²) in [5.74, 6) is 0.352. The van der Waals surface area contributed by atoms with Gasteiger partial charge in [-0.2, -0.15) is 0 Å². The molecule has 3 aliphatic rings. The number of fused-ring (bicyclic) bond motifs is 1. The van der Waals surface area contributed by atoms with Gasteiger partial charge in [0, 0.05) is 30.9 Å². The number of carbonyl (C=O) groups excluding carboxylic acids is 1. The molecule has 4 heteroatoms. The summed E-state index contributed by atoms with van der Waals surface area (Å²) in [6.45, 7) is 1.51. The second-order valence-corrected chi connectivity index (χ2v) is 7.23. The Morgan fingerprint density at radius 2 is 2.09 bits per heavy atom. The van der Waals surface area contributed by atoms with Crippen molar-refractivity contribution in [3.63, 3.8) is 0 Å². The fraction of sp³-hybridized carbons (Fsp3) is 0.667. The van der Waals surface area contributed by atoms with Crippen molar-refractivity contribution in [2.45, 2.75) is 57.0 Å². The van der Waals surface area contributed by atoms with Crippen LogP contribution < -0.4 is 0 Å². The molecule has 1 aromatic heterocycles. The predicted molar refractivity (Wildman–Crippen MR) is 83.7 cm³/mol. The molecule has 118 valence electrons. The maximum Gasteiger partial charge on any atom is 0.255 e. The number of likely N-dealkylation sites (tertiary alicyclic amines) is 1. The second-order valence-electron chi connectivity index (χ2n) is 7.23. The summed E-state index contributed by atoms with van der Waals surface area (Å²) in [4.78, 5) is 19.2. The number of carbonyl (C=O) groups is 1. The van der Waals surface area contributed by atoms with Gasteiger partial charge in [0.05, 0.1) is 11.2 Å². The highest BCUT2D eigenvalue weighted by molar-refractivity contribution is 5.94. The number of hydrogen-bond acceptors (Lipinski definition) is 3. The van der Waals surface area contributed by atoms with Crippen LogP contribution >= 0.6 is 0 Å². The van der Waals surface area contributed by atoms with E-state index in [9.17, 15) is 9.90 Å². The largest absolute Gasteiger partial charge is 0.390 e. The lowest BCUT2D eigenvalue weighted by atomic mass is 9.90. The number of aryl methyl sites for hydroxylation is 2. The first-order valence-corrected chi connectivity index (χ1v) is 8.65. The Labute approximate surface area is 131 Å². The molecule has 1 saturated carbocycles. The van der Waals surface area contributed by atoms with Gasteiger partial charge < -0.3 is 10.0 Å². The standard InChI is InChI=1S/C18H24N2O2/c21-17(14-10-13-4-1-2-6-16(13)19-11-14)20-9-3-5-15(12-20)18(22)7-8-18/h10-11,15,22H,1-9,12H2. The van der Waals surface area contributed by atoms with Crippen molar-refractivity contribution in [1.29, 1.82) is 0 Å². The third-order valence-electron chi connectivity index (χ3n) is 5.65. The first kappa shape index (κ1) is 14.2. The highest BCUT2D eigenvalue weighted by atomic mass is 16.3. The molecule has 2 fully saturated rings. The topological polar surface area (TPSA) is 53.4 Å². The quantitative estimate of drug-likeness (QED) is 0.912. The number of piperidine rings is 1. The van der Waals surface area contributed by atoms with E-state index in [1.54, 1.807) is 6.20 Å². The molecule has 1 unspecified atom stereocenters. The minimum atomic E-state index is -0.479. The SMILES string of the molecule is O=C(c1cnc2c(c1)CCCC2)N1CCCC(C2(O)CC2)C1. The van der Waals surface area contributed by atoms with Gasteiger partial charge >= 0.3 is 0 Å². The molecule has 0 bridgehead atoms. The minimum absolute atomic E-state index is 0.0924. The summed E-state index contributed by atoms with van der Waals surface area (Å²) >= 11 is 0. The van der Waals surface area contributed by atoms with Gasteiger partial charge in [-0.1, -0.05) is 0 Å². The number of aromatic nitrogens is 1. The van der Waals surface area contributed by atoms with Gasteiger partial charge in [0.1, 0.15) is 0 Å². The van der Waals surface area contributed by atoms with Crippen LogP contribution in [0, 0.1) is 5.92 Å². The van der Waals surface area contributed by atoms with Crippen LogP contribution in [0.15, 0.2) is 12.3 Å². The maximum atomic E-state index is 12.8. The summed E-state index contributed by atoms with van der Waals surface area (Å²) in [6.07, 6.45) is 10.1. The average molecular weight is 300 g/mol. The van der Waals surface area contributed by atoms with Gasteiger partial charge in [0.25, 0.3) is 5.91 Å². The van der Waals surface area contributed by atoms with Crippen LogP contribution in [0.4, 0.5) is 0 Å². The summed E-state index contributed by atoms with van der Waals surface area (Å²) in [5, 5.41) is 10.3. The van der Waals surface area contributed by atoms with Crippen LogP contribution in [-0.2, 0) is 12.8 Å². The molecule has 1 amide bonds.